The van der Waals surface area contributed by atoms with Crippen molar-refractivity contribution in [3.05, 3.63) is 29.5 Å². The van der Waals surface area contributed by atoms with Crippen LogP contribution in [-0.4, -0.2) is 33.6 Å². The summed E-state index contributed by atoms with van der Waals surface area (Å²) in [6.07, 6.45) is 11.0. The number of aromatic nitrogens is 4. The number of hydrogen-bond acceptors (Lipinski definition) is 5. The number of anilines is 2. The summed E-state index contributed by atoms with van der Waals surface area (Å²) in [6.45, 7) is 0. The summed E-state index contributed by atoms with van der Waals surface area (Å²) < 4.78 is 2.12. The summed E-state index contributed by atoms with van der Waals surface area (Å²) in [4.78, 5) is 16.2. The molecule has 0 aliphatic heterocycles. The van der Waals surface area contributed by atoms with Crippen LogP contribution in [0.15, 0.2) is 12.4 Å². The third kappa shape index (κ3) is 2.85. The minimum atomic E-state index is 0.237. The van der Waals surface area contributed by atoms with Crippen LogP contribution in [0.4, 0.5) is 11.8 Å². The summed E-state index contributed by atoms with van der Waals surface area (Å²) in [7, 11) is 6.08. The first kappa shape index (κ1) is 15.4. The van der Waals surface area contributed by atoms with Crippen molar-refractivity contribution < 1.29 is 0 Å². The van der Waals surface area contributed by atoms with Crippen molar-refractivity contribution in [1.82, 2.24) is 19.5 Å². The van der Waals surface area contributed by atoms with E-state index in [1.165, 1.54) is 36.9 Å². The van der Waals surface area contributed by atoms with Crippen molar-refractivity contribution in [2.75, 3.05) is 24.3 Å². The van der Waals surface area contributed by atoms with Crippen molar-refractivity contribution >= 4 is 11.8 Å². The lowest BCUT2D eigenvalue weighted by Gasteiger charge is -2.25. The molecule has 6 nitrogen and oxygen atoms in total. The maximum Gasteiger partial charge on any atom is 0.227 e. The Kier molecular flexibility index (Phi) is 3.90. The lowest BCUT2D eigenvalue weighted by atomic mass is 9.96. The third-order valence-electron chi connectivity index (χ3n) is 5.09. The van der Waals surface area contributed by atoms with E-state index in [9.17, 15) is 0 Å². The molecule has 128 valence electrons. The zero-order valence-electron chi connectivity index (χ0n) is 14.8. The van der Waals surface area contributed by atoms with Gasteiger partial charge in [0.15, 0.2) is 0 Å². The SMILES string of the molecule is CN(C)c1nc2c(c(NC(c3nccn3C)C3CC3)n1)CCCC2. The second-order valence-corrected chi connectivity index (χ2v) is 7.25. The van der Waals surface area contributed by atoms with E-state index in [0.29, 0.717) is 5.92 Å². The van der Waals surface area contributed by atoms with Crippen LogP contribution in [0.2, 0.25) is 0 Å². The van der Waals surface area contributed by atoms with Gasteiger partial charge < -0.3 is 14.8 Å². The van der Waals surface area contributed by atoms with E-state index in [1.807, 2.05) is 31.4 Å². The molecule has 1 saturated carbocycles. The van der Waals surface area contributed by atoms with E-state index in [0.717, 1.165) is 30.4 Å². The Morgan fingerprint density at radius 1 is 1.21 bits per heavy atom. The number of rotatable bonds is 5. The van der Waals surface area contributed by atoms with E-state index in [-0.39, 0.29) is 6.04 Å². The fourth-order valence-electron chi connectivity index (χ4n) is 3.55. The molecule has 0 saturated heterocycles. The fraction of sp³-hybridized carbons (Fsp3) is 0.611. The summed E-state index contributed by atoms with van der Waals surface area (Å²) in [5.74, 6) is 3.58. The lowest BCUT2D eigenvalue weighted by Crippen LogP contribution is -2.23. The van der Waals surface area contributed by atoms with Gasteiger partial charge in [0.2, 0.25) is 5.95 Å². The second-order valence-electron chi connectivity index (χ2n) is 7.25. The van der Waals surface area contributed by atoms with Gasteiger partial charge in [0.25, 0.3) is 0 Å². The predicted octanol–water partition coefficient (Wildman–Crippen LogP) is 2.72. The van der Waals surface area contributed by atoms with Gasteiger partial charge in [-0.05, 0) is 44.4 Å². The molecule has 24 heavy (non-hydrogen) atoms. The van der Waals surface area contributed by atoms with Crippen LogP contribution >= 0.6 is 0 Å². The van der Waals surface area contributed by atoms with E-state index < -0.39 is 0 Å². The minimum absolute atomic E-state index is 0.237. The topological polar surface area (TPSA) is 58.9 Å². The van der Waals surface area contributed by atoms with Crippen molar-refractivity contribution in [2.24, 2.45) is 13.0 Å². The molecule has 0 spiro atoms. The Balaban J connectivity index is 1.72. The number of hydrogen-bond donors (Lipinski definition) is 1. The Labute approximate surface area is 143 Å². The van der Waals surface area contributed by atoms with E-state index in [4.69, 9.17) is 9.97 Å². The van der Waals surface area contributed by atoms with Gasteiger partial charge in [-0.2, -0.15) is 4.98 Å². The molecule has 2 aliphatic rings. The Hall–Kier alpha value is -2.11. The van der Waals surface area contributed by atoms with Gasteiger partial charge in [-0.25, -0.2) is 9.97 Å². The molecule has 2 aromatic heterocycles. The minimum Gasteiger partial charge on any atom is -0.359 e. The molecule has 1 N–H and O–H groups in total. The number of nitrogens with one attached hydrogen (secondary N) is 1. The molecular formula is C18H26N6. The first-order valence-corrected chi connectivity index (χ1v) is 8.94. The maximum absolute atomic E-state index is 4.84. The molecule has 0 amide bonds. The zero-order chi connectivity index (χ0) is 16.7. The first-order valence-electron chi connectivity index (χ1n) is 8.94. The number of aryl methyl sites for hydroxylation is 2. The summed E-state index contributed by atoms with van der Waals surface area (Å²) in [5, 5.41) is 3.75. The van der Waals surface area contributed by atoms with Crippen molar-refractivity contribution in [2.45, 2.75) is 44.6 Å². The zero-order valence-corrected chi connectivity index (χ0v) is 14.8. The van der Waals surface area contributed by atoms with Gasteiger partial charge >= 0.3 is 0 Å². The van der Waals surface area contributed by atoms with Crippen LogP contribution in [0.5, 0.6) is 0 Å². The van der Waals surface area contributed by atoms with Crippen LogP contribution in [0.3, 0.4) is 0 Å². The van der Waals surface area contributed by atoms with Gasteiger partial charge in [0.1, 0.15) is 11.6 Å². The van der Waals surface area contributed by atoms with Gasteiger partial charge in [-0.1, -0.05) is 0 Å². The normalized spacial score (nSPS) is 18.1. The van der Waals surface area contributed by atoms with Gasteiger partial charge in [-0.15, -0.1) is 0 Å². The van der Waals surface area contributed by atoms with Gasteiger partial charge in [0, 0.05) is 39.1 Å². The molecule has 0 bridgehead atoms. The van der Waals surface area contributed by atoms with E-state index >= 15 is 0 Å². The molecule has 0 aromatic carbocycles. The Morgan fingerprint density at radius 2 is 2.00 bits per heavy atom. The predicted molar refractivity (Wildman–Crippen MR) is 95.3 cm³/mol. The van der Waals surface area contributed by atoms with Crippen LogP contribution in [0, 0.1) is 5.92 Å². The van der Waals surface area contributed by atoms with E-state index in [2.05, 4.69) is 21.9 Å². The molecule has 6 heteroatoms. The Morgan fingerprint density at radius 3 is 2.67 bits per heavy atom. The second kappa shape index (κ2) is 6.07. The average Bonchev–Trinajstić information content (AvgIpc) is 3.33. The first-order chi connectivity index (χ1) is 11.6. The highest BCUT2D eigenvalue weighted by atomic mass is 15.2. The summed E-state index contributed by atoms with van der Waals surface area (Å²) >= 11 is 0. The number of imidazole rings is 1. The van der Waals surface area contributed by atoms with Crippen molar-refractivity contribution in [1.29, 1.82) is 0 Å². The van der Waals surface area contributed by atoms with E-state index in [1.54, 1.807) is 0 Å². The molecule has 2 aliphatic carbocycles. The highest BCUT2D eigenvalue weighted by Crippen LogP contribution is 2.43. The molecular weight excluding hydrogens is 300 g/mol. The summed E-state index contributed by atoms with van der Waals surface area (Å²) in [6, 6.07) is 0.237. The molecule has 1 atom stereocenters. The van der Waals surface area contributed by atoms with Crippen molar-refractivity contribution in [3.8, 4) is 0 Å². The molecule has 4 rings (SSSR count). The number of nitrogens with zero attached hydrogens (tertiary/aromatic N) is 5. The highest BCUT2D eigenvalue weighted by molar-refractivity contribution is 5.53. The Bertz CT molecular complexity index is 731. The van der Waals surface area contributed by atoms with Crippen molar-refractivity contribution in [3.63, 3.8) is 0 Å². The van der Waals surface area contributed by atoms with Crippen LogP contribution in [-0.2, 0) is 19.9 Å². The lowest BCUT2D eigenvalue weighted by molar-refractivity contribution is 0.598. The smallest absolute Gasteiger partial charge is 0.227 e. The van der Waals surface area contributed by atoms with Crippen LogP contribution in [0.1, 0.15) is 48.8 Å². The molecule has 1 unspecified atom stereocenters. The van der Waals surface area contributed by atoms with Gasteiger partial charge in [-0.3, -0.25) is 0 Å². The third-order valence-corrected chi connectivity index (χ3v) is 5.09. The standard InChI is InChI=1S/C18H26N6/c1-23(2)18-20-14-7-5-4-6-13(14)16(22-18)21-15(12-8-9-12)17-19-10-11-24(17)3/h10-12,15H,4-9H2,1-3H3,(H,20,21,22). The van der Waals surface area contributed by atoms with Gasteiger partial charge in [0.05, 0.1) is 11.7 Å². The molecule has 2 heterocycles. The molecule has 1 fully saturated rings. The fourth-order valence-corrected chi connectivity index (χ4v) is 3.55. The quantitative estimate of drug-likeness (QED) is 0.915. The van der Waals surface area contributed by atoms with Crippen LogP contribution in [0.25, 0.3) is 0 Å². The maximum atomic E-state index is 4.84. The number of fused-ring (bicyclic) bond motifs is 1. The largest absolute Gasteiger partial charge is 0.359 e. The monoisotopic (exact) mass is 326 g/mol. The summed E-state index contributed by atoms with van der Waals surface area (Å²) in [5.41, 5.74) is 2.53. The average molecular weight is 326 g/mol. The van der Waals surface area contributed by atoms with Crippen LogP contribution < -0.4 is 10.2 Å². The molecule has 2 aromatic rings. The molecule has 0 radical (unpaired) electrons. The highest BCUT2D eigenvalue weighted by Gasteiger charge is 2.35.